The lowest BCUT2D eigenvalue weighted by Crippen LogP contribution is -2.26. The summed E-state index contributed by atoms with van der Waals surface area (Å²) in [7, 11) is -2.68. The SMILES string of the molecule is CCCCN1C=CN(CCCCO[SH](=O)=O)C1. The van der Waals surface area contributed by atoms with Crippen LogP contribution in [0.2, 0.25) is 0 Å². The van der Waals surface area contributed by atoms with Crippen molar-refractivity contribution in [3.05, 3.63) is 12.4 Å². The van der Waals surface area contributed by atoms with Crippen molar-refractivity contribution < 1.29 is 12.6 Å². The number of hydrogen-bond acceptors (Lipinski definition) is 5. The first-order valence-electron chi connectivity index (χ1n) is 6.16. The lowest BCUT2D eigenvalue weighted by Gasteiger charge is -2.20. The predicted octanol–water partition coefficient (Wildman–Crippen LogP) is 1.16. The van der Waals surface area contributed by atoms with Crippen LogP contribution in [0, 0.1) is 0 Å². The molecule has 0 aromatic rings. The Morgan fingerprint density at radius 1 is 1.12 bits per heavy atom. The molecule has 100 valence electrons. The van der Waals surface area contributed by atoms with Gasteiger partial charge in [0.25, 0.3) is 11.0 Å². The monoisotopic (exact) mass is 262 g/mol. The number of unbranched alkanes of at least 4 members (excludes halogenated alkanes) is 2. The second-order valence-electron chi connectivity index (χ2n) is 4.18. The molecule has 0 aliphatic carbocycles. The zero-order chi connectivity index (χ0) is 12.5. The van der Waals surface area contributed by atoms with Crippen LogP contribution in [-0.4, -0.2) is 44.6 Å². The third-order valence-electron chi connectivity index (χ3n) is 2.69. The Morgan fingerprint density at radius 3 is 2.35 bits per heavy atom. The van der Waals surface area contributed by atoms with Crippen LogP contribution in [0.3, 0.4) is 0 Å². The molecule has 0 amide bonds. The number of nitrogens with zero attached hydrogens (tertiary/aromatic N) is 2. The van der Waals surface area contributed by atoms with Crippen LogP contribution in [0.15, 0.2) is 12.4 Å². The van der Waals surface area contributed by atoms with Gasteiger partial charge in [0, 0.05) is 25.5 Å². The lowest BCUT2D eigenvalue weighted by molar-refractivity contribution is 0.250. The maximum Gasteiger partial charge on any atom is 0.257 e. The minimum absolute atomic E-state index is 0.301. The molecule has 0 bridgehead atoms. The quantitative estimate of drug-likeness (QED) is 0.499. The van der Waals surface area contributed by atoms with E-state index in [9.17, 15) is 8.42 Å². The summed E-state index contributed by atoms with van der Waals surface area (Å²) in [5.41, 5.74) is 0. The second-order valence-corrected chi connectivity index (χ2v) is 4.89. The summed E-state index contributed by atoms with van der Waals surface area (Å²) in [6.45, 7) is 5.52. The highest BCUT2D eigenvalue weighted by atomic mass is 32.2. The van der Waals surface area contributed by atoms with Gasteiger partial charge in [-0.15, -0.1) is 0 Å². The molecule has 1 aliphatic rings. The van der Waals surface area contributed by atoms with Crippen LogP contribution < -0.4 is 0 Å². The van der Waals surface area contributed by atoms with Gasteiger partial charge in [0.1, 0.15) is 0 Å². The van der Waals surface area contributed by atoms with Gasteiger partial charge in [-0.05, 0) is 19.3 Å². The molecule has 0 N–H and O–H groups in total. The maximum atomic E-state index is 10.1. The average Bonchev–Trinajstić information content (AvgIpc) is 2.73. The lowest BCUT2D eigenvalue weighted by atomic mass is 10.3. The first kappa shape index (κ1) is 14.3. The molecule has 0 radical (unpaired) electrons. The summed E-state index contributed by atoms with van der Waals surface area (Å²) in [5, 5.41) is 0. The molecule has 0 saturated carbocycles. The molecule has 0 aromatic heterocycles. The van der Waals surface area contributed by atoms with Crippen molar-refractivity contribution in [3.8, 4) is 0 Å². The van der Waals surface area contributed by atoms with E-state index in [1.807, 2.05) is 0 Å². The summed E-state index contributed by atoms with van der Waals surface area (Å²) in [6.07, 6.45) is 8.40. The molecular formula is C11H22N2O3S. The smallest absolute Gasteiger partial charge is 0.257 e. The molecule has 0 atom stereocenters. The van der Waals surface area contributed by atoms with Crippen molar-refractivity contribution in [1.29, 1.82) is 0 Å². The molecule has 5 nitrogen and oxygen atoms in total. The minimum atomic E-state index is -2.68. The zero-order valence-corrected chi connectivity index (χ0v) is 11.3. The fraction of sp³-hybridized carbons (Fsp3) is 0.818. The number of hydrogen-bond donors (Lipinski definition) is 1. The highest BCUT2D eigenvalue weighted by molar-refractivity contribution is 7.67. The normalized spacial score (nSPS) is 15.2. The molecular weight excluding hydrogens is 240 g/mol. The molecule has 1 heterocycles. The van der Waals surface area contributed by atoms with Gasteiger partial charge < -0.3 is 9.80 Å². The molecule has 0 saturated heterocycles. The van der Waals surface area contributed by atoms with Crippen LogP contribution in [0.5, 0.6) is 0 Å². The standard InChI is InChI=1S/C11H22N2O3S/c1-2-3-6-12-8-9-13(11-12)7-4-5-10-16-17(14)15/h8-9,17H,2-7,10-11H2,1H3. The van der Waals surface area contributed by atoms with E-state index in [0.717, 1.165) is 32.6 Å². The summed E-state index contributed by atoms with van der Waals surface area (Å²) < 4.78 is 24.8. The molecule has 1 rings (SSSR count). The van der Waals surface area contributed by atoms with Crippen molar-refractivity contribution in [3.63, 3.8) is 0 Å². The number of rotatable bonds is 9. The van der Waals surface area contributed by atoms with Crippen LogP contribution >= 0.6 is 0 Å². The predicted molar refractivity (Wildman–Crippen MR) is 67.8 cm³/mol. The minimum Gasteiger partial charge on any atom is -0.359 e. The first-order chi connectivity index (χ1) is 8.22. The molecule has 0 spiro atoms. The van der Waals surface area contributed by atoms with Crippen molar-refractivity contribution in [2.24, 2.45) is 0 Å². The van der Waals surface area contributed by atoms with E-state index in [1.165, 1.54) is 12.8 Å². The Kier molecular flexibility index (Phi) is 7.04. The Labute approximate surface area is 105 Å². The fourth-order valence-corrected chi connectivity index (χ4v) is 2.00. The topological polar surface area (TPSA) is 49.9 Å². The molecule has 0 unspecified atom stereocenters. The summed E-state index contributed by atoms with van der Waals surface area (Å²) in [5.74, 6) is 0. The van der Waals surface area contributed by atoms with Gasteiger partial charge in [-0.3, -0.25) is 4.18 Å². The van der Waals surface area contributed by atoms with E-state index in [2.05, 4.69) is 33.3 Å². The number of thiol groups is 1. The average molecular weight is 262 g/mol. The van der Waals surface area contributed by atoms with Crippen molar-refractivity contribution in [1.82, 2.24) is 9.80 Å². The third kappa shape index (κ3) is 6.53. The Morgan fingerprint density at radius 2 is 1.76 bits per heavy atom. The van der Waals surface area contributed by atoms with E-state index < -0.39 is 11.0 Å². The Balaban J connectivity index is 2.00. The van der Waals surface area contributed by atoms with E-state index in [-0.39, 0.29) is 0 Å². The molecule has 6 heteroatoms. The van der Waals surface area contributed by atoms with E-state index in [0.29, 0.717) is 6.61 Å². The molecule has 0 fully saturated rings. The highest BCUT2D eigenvalue weighted by Gasteiger charge is 2.10. The van der Waals surface area contributed by atoms with Gasteiger partial charge >= 0.3 is 0 Å². The van der Waals surface area contributed by atoms with Gasteiger partial charge in [-0.25, -0.2) is 8.42 Å². The van der Waals surface area contributed by atoms with Gasteiger partial charge in [0.2, 0.25) is 0 Å². The van der Waals surface area contributed by atoms with Crippen molar-refractivity contribution >= 4 is 11.0 Å². The summed E-state index contributed by atoms with van der Waals surface area (Å²) in [4.78, 5) is 4.54. The van der Waals surface area contributed by atoms with Gasteiger partial charge in [0.15, 0.2) is 0 Å². The van der Waals surface area contributed by atoms with Gasteiger partial charge in [0.05, 0.1) is 13.3 Å². The van der Waals surface area contributed by atoms with E-state index in [1.54, 1.807) is 0 Å². The Bertz CT molecular complexity index is 297. The molecule has 17 heavy (non-hydrogen) atoms. The summed E-state index contributed by atoms with van der Waals surface area (Å²) in [6, 6.07) is 0. The van der Waals surface area contributed by atoms with Crippen molar-refractivity contribution in [2.45, 2.75) is 32.6 Å². The molecule has 1 aliphatic heterocycles. The van der Waals surface area contributed by atoms with Crippen LogP contribution in [0.4, 0.5) is 0 Å². The summed E-state index contributed by atoms with van der Waals surface area (Å²) >= 11 is 0. The van der Waals surface area contributed by atoms with Gasteiger partial charge in [-0.1, -0.05) is 13.3 Å². The van der Waals surface area contributed by atoms with E-state index in [4.69, 9.17) is 0 Å². The third-order valence-corrected chi connectivity index (χ3v) is 3.08. The van der Waals surface area contributed by atoms with E-state index >= 15 is 0 Å². The van der Waals surface area contributed by atoms with Crippen LogP contribution in [-0.2, 0) is 15.2 Å². The van der Waals surface area contributed by atoms with Crippen LogP contribution in [0.25, 0.3) is 0 Å². The first-order valence-corrected chi connectivity index (χ1v) is 7.25. The molecule has 0 aromatic carbocycles. The van der Waals surface area contributed by atoms with Crippen LogP contribution in [0.1, 0.15) is 32.6 Å². The van der Waals surface area contributed by atoms with Gasteiger partial charge in [-0.2, -0.15) is 0 Å². The Hall–Kier alpha value is -0.750. The maximum absolute atomic E-state index is 10.1. The second kappa shape index (κ2) is 8.36. The van der Waals surface area contributed by atoms with Crippen molar-refractivity contribution in [2.75, 3.05) is 26.4 Å². The zero-order valence-electron chi connectivity index (χ0n) is 10.4. The highest BCUT2D eigenvalue weighted by Crippen LogP contribution is 2.08. The fourth-order valence-electron chi connectivity index (χ4n) is 1.72. The largest absolute Gasteiger partial charge is 0.359 e.